The summed E-state index contributed by atoms with van der Waals surface area (Å²) in [6.07, 6.45) is 3.49. The van der Waals surface area contributed by atoms with E-state index in [4.69, 9.17) is 11.6 Å². The van der Waals surface area contributed by atoms with Crippen molar-refractivity contribution < 1.29 is 4.79 Å². The van der Waals surface area contributed by atoms with Crippen LogP contribution >= 0.6 is 11.6 Å². The standard InChI is InChI=1S/C23H31ClN6O/c1-3-25-23(27-16-22(31)29(2)13-10-19-8-4-5-12-26-19)28-20-11-14-30(17-20)21-9-6-7-18(24)15-21/h4-9,12,15,20H,3,10-11,13-14,16-17H2,1-2H3,(H2,25,27,28). The van der Waals surface area contributed by atoms with Crippen molar-refractivity contribution in [3.63, 3.8) is 0 Å². The highest BCUT2D eigenvalue weighted by Crippen LogP contribution is 2.23. The number of hydrogen-bond donors (Lipinski definition) is 2. The maximum atomic E-state index is 12.5. The Morgan fingerprint density at radius 3 is 2.94 bits per heavy atom. The molecule has 1 aliphatic rings. The number of carbonyl (C=O) groups excluding carboxylic acids is 1. The summed E-state index contributed by atoms with van der Waals surface area (Å²) in [6.45, 7) is 5.30. The SMILES string of the molecule is CCNC(=NCC(=O)N(C)CCc1ccccn1)NC1CCN(c2cccc(Cl)c2)C1. The molecule has 0 spiro atoms. The Bertz CT molecular complexity index is 875. The van der Waals surface area contributed by atoms with Gasteiger partial charge in [0.1, 0.15) is 6.54 Å². The van der Waals surface area contributed by atoms with Gasteiger partial charge in [0.2, 0.25) is 5.91 Å². The quantitative estimate of drug-likeness (QED) is 0.485. The molecule has 7 nitrogen and oxygen atoms in total. The van der Waals surface area contributed by atoms with Crippen LogP contribution in [0, 0.1) is 0 Å². The second-order valence-electron chi connectivity index (χ2n) is 7.64. The highest BCUT2D eigenvalue weighted by Gasteiger charge is 2.23. The van der Waals surface area contributed by atoms with E-state index in [1.165, 1.54) is 0 Å². The minimum absolute atomic E-state index is 0.0138. The molecule has 1 atom stereocenters. The van der Waals surface area contributed by atoms with Crippen molar-refractivity contribution in [3.05, 3.63) is 59.4 Å². The van der Waals surface area contributed by atoms with Gasteiger partial charge in [0.15, 0.2) is 5.96 Å². The molecule has 1 amide bonds. The molecule has 2 heterocycles. The molecule has 0 aliphatic carbocycles. The number of aromatic nitrogens is 1. The molecule has 0 bridgehead atoms. The topological polar surface area (TPSA) is 72.9 Å². The van der Waals surface area contributed by atoms with Gasteiger partial charge in [0.25, 0.3) is 0 Å². The number of nitrogens with zero attached hydrogens (tertiary/aromatic N) is 4. The van der Waals surface area contributed by atoms with Gasteiger partial charge in [-0.25, -0.2) is 4.99 Å². The van der Waals surface area contributed by atoms with Crippen LogP contribution < -0.4 is 15.5 Å². The molecule has 0 radical (unpaired) electrons. The molecule has 166 valence electrons. The number of carbonyl (C=O) groups is 1. The van der Waals surface area contributed by atoms with Gasteiger partial charge >= 0.3 is 0 Å². The second-order valence-corrected chi connectivity index (χ2v) is 8.07. The van der Waals surface area contributed by atoms with E-state index in [-0.39, 0.29) is 18.5 Å². The Balaban J connectivity index is 1.49. The number of anilines is 1. The van der Waals surface area contributed by atoms with Gasteiger partial charge < -0.3 is 20.4 Å². The van der Waals surface area contributed by atoms with Crippen LogP contribution in [0.25, 0.3) is 0 Å². The van der Waals surface area contributed by atoms with Gasteiger partial charge in [0.05, 0.1) is 0 Å². The third kappa shape index (κ3) is 7.14. The number of hydrogen-bond acceptors (Lipinski definition) is 4. The highest BCUT2D eigenvalue weighted by atomic mass is 35.5. The zero-order valence-corrected chi connectivity index (χ0v) is 19.0. The number of aliphatic imine (C=N–C) groups is 1. The summed E-state index contributed by atoms with van der Waals surface area (Å²) in [5.41, 5.74) is 2.11. The van der Waals surface area contributed by atoms with Crippen molar-refractivity contribution in [3.8, 4) is 0 Å². The molecular weight excluding hydrogens is 412 g/mol. The molecule has 0 saturated carbocycles. The Labute approximate surface area is 189 Å². The van der Waals surface area contributed by atoms with Gasteiger partial charge in [0, 0.05) is 68.3 Å². The second kappa shape index (κ2) is 11.6. The molecule has 3 rings (SSSR count). The molecule has 1 aliphatic heterocycles. The van der Waals surface area contributed by atoms with E-state index in [1.807, 2.05) is 43.3 Å². The Morgan fingerprint density at radius 2 is 2.19 bits per heavy atom. The van der Waals surface area contributed by atoms with Crippen LogP contribution in [0.1, 0.15) is 19.0 Å². The van der Waals surface area contributed by atoms with E-state index in [0.29, 0.717) is 12.5 Å². The lowest BCUT2D eigenvalue weighted by atomic mass is 10.2. The van der Waals surface area contributed by atoms with Crippen LogP contribution in [0.3, 0.4) is 0 Å². The smallest absolute Gasteiger partial charge is 0.244 e. The summed E-state index contributed by atoms with van der Waals surface area (Å²) < 4.78 is 0. The van der Waals surface area contributed by atoms with Crippen molar-refractivity contribution in [2.45, 2.75) is 25.8 Å². The zero-order valence-electron chi connectivity index (χ0n) is 18.2. The average molecular weight is 443 g/mol. The molecule has 1 fully saturated rings. The van der Waals surface area contributed by atoms with Crippen molar-refractivity contribution in [1.29, 1.82) is 0 Å². The van der Waals surface area contributed by atoms with E-state index in [9.17, 15) is 4.79 Å². The molecule has 8 heteroatoms. The summed E-state index contributed by atoms with van der Waals surface area (Å²) >= 11 is 6.13. The van der Waals surface area contributed by atoms with Crippen molar-refractivity contribution in [1.82, 2.24) is 20.5 Å². The molecule has 2 aromatic rings. The minimum atomic E-state index is -0.0138. The van der Waals surface area contributed by atoms with Crippen LogP contribution in [0.2, 0.25) is 5.02 Å². The van der Waals surface area contributed by atoms with Gasteiger partial charge in [-0.15, -0.1) is 0 Å². The number of rotatable bonds is 8. The first kappa shape index (κ1) is 22.9. The molecule has 31 heavy (non-hydrogen) atoms. The number of benzene rings is 1. The zero-order chi connectivity index (χ0) is 22.1. The van der Waals surface area contributed by atoms with Crippen LogP contribution in [0.15, 0.2) is 53.7 Å². The summed E-state index contributed by atoms with van der Waals surface area (Å²) in [5.74, 6) is 0.659. The normalized spacial score (nSPS) is 16.3. The first-order valence-electron chi connectivity index (χ1n) is 10.7. The third-order valence-electron chi connectivity index (χ3n) is 5.27. The van der Waals surface area contributed by atoms with Crippen LogP contribution in [0.4, 0.5) is 5.69 Å². The molecular formula is C23H31ClN6O. The fourth-order valence-corrected chi connectivity index (χ4v) is 3.70. The summed E-state index contributed by atoms with van der Waals surface area (Å²) in [5, 5.41) is 7.46. The predicted octanol–water partition coefficient (Wildman–Crippen LogP) is 2.57. The Morgan fingerprint density at radius 1 is 1.32 bits per heavy atom. The molecule has 1 unspecified atom stereocenters. The van der Waals surface area contributed by atoms with Crippen LogP contribution in [-0.4, -0.2) is 67.6 Å². The van der Waals surface area contributed by atoms with E-state index >= 15 is 0 Å². The summed E-state index contributed by atoms with van der Waals surface area (Å²) in [6, 6.07) is 14.0. The van der Waals surface area contributed by atoms with E-state index in [0.717, 1.165) is 48.9 Å². The number of pyridine rings is 1. The fraction of sp³-hybridized carbons (Fsp3) is 0.435. The van der Waals surface area contributed by atoms with E-state index in [1.54, 1.807) is 18.1 Å². The number of guanidine groups is 1. The van der Waals surface area contributed by atoms with Gasteiger partial charge in [-0.05, 0) is 43.7 Å². The lowest BCUT2D eigenvalue weighted by molar-refractivity contribution is -0.128. The summed E-state index contributed by atoms with van der Waals surface area (Å²) in [4.78, 5) is 25.3. The molecule has 1 saturated heterocycles. The lowest BCUT2D eigenvalue weighted by Gasteiger charge is -2.21. The monoisotopic (exact) mass is 442 g/mol. The number of amides is 1. The molecule has 1 aromatic carbocycles. The largest absolute Gasteiger partial charge is 0.369 e. The van der Waals surface area contributed by atoms with Crippen molar-refractivity contribution in [2.75, 3.05) is 44.7 Å². The van der Waals surface area contributed by atoms with E-state index in [2.05, 4.69) is 31.6 Å². The number of nitrogens with one attached hydrogen (secondary N) is 2. The van der Waals surface area contributed by atoms with Gasteiger partial charge in [-0.1, -0.05) is 23.7 Å². The Hall–Kier alpha value is -2.80. The number of halogens is 1. The predicted molar refractivity (Wildman–Crippen MR) is 127 cm³/mol. The fourth-order valence-electron chi connectivity index (χ4n) is 3.52. The maximum Gasteiger partial charge on any atom is 0.244 e. The first-order chi connectivity index (χ1) is 15.0. The van der Waals surface area contributed by atoms with Crippen molar-refractivity contribution >= 4 is 29.2 Å². The molecule has 2 N–H and O–H groups in total. The van der Waals surface area contributed by atoms with Crippen LogP contribution in [0.5, 0.6) is 0 Å². The highest BCUT2D eigenvalue weighted by molar-refractivity contribution is 6.30. The van der Waals surface area contributed by atoms with Gasteiger partial charge in [-0.2, -0.15) is 0 Å². The van der Waals surface area contributed by atoms with Gasteiger partial charge in [-0.3, -0.25) is 9.78 Å². The Kier molecular flexibility index (Phi) is 8.53. The van der Waals surface area contributed by atoms with Crippen molar-refractivity contribution in [2.24, 2.45) is 4.99 Å². The maximum absolute atomic E-state index is 12.5. The first-order valence-corrected chi connectivity index (χ1v) is 11.1. The third-order valence-corrected chi connectivity index (χ3v) is 5.51. The lowest BCUT2D eigenvalue weighted by Crippen LogP contribution is -2.45. The average Bonchev–Trinajstić information content (AvgIpc) is 3.25. The minimum Gasteiger partial charge on any atom is -0.369 e. The van der Waals surface area contributed by atoms with E-state index < -0.39 is 0 Å². The summed E-state index contributed by atoms with van der Waals surface area (Å²) in [7, 11) is 1.81. The number of likely N-dealkylation sites (N-methyl/N-ethyl adjacent to an activating group) is 1. The molecule has 1 aromatic heterocycles. The van der Waals surface area contributed by atoms with Crippen LogP contribution in [-0.2, 0) is 11.2 Å².